The second-order valence-corrected chi connectivity index (χ2v) is 9.61. The minimum absolute atomic E-state index is 0.0789. The molecular weight excluding hydrogens is 330 g/mol. The number of phenols is 1. The van der Waals surface area contributed by atoms with Gasteiger partial charge in [-0.2, -0.15) is 0 Å². The Labute approximate surface area is 153 Å². The van der Waals surface area contributed by atoms with Crippen LogP contribution in [-0.4, -0.2) is 58.4 Å². The second kappa shape index (κ2) is 4.45. The predicted molar refractivity (Wildman–Crippen MR) is 94.1 cm³/mol. The average Bonchev–Trinajstić information content (AvgIpc) is 3.32. The predicted octanol–water partition coefficient (Wildman–Crippen LogP) is 1.67. The van der Waals surface area contributed by atoms with E-state index in [9.17, 15) is 15.0 Å². The Morgan fingerprint density at radius 3 is 2.88 bits per heavy atom. The molecule has 5 heteroatoms. The van der Waals surface area contributed by atoms with E-state index in [1.54, 1.807) is 6.07 Å². The molecule has 3 fully saturated rings. The van der Waals surface area contributed by atoms with Crippen LogP contribution in [0.2, 0.25) is 0 Å². The summed E-state index contributed by atoms with van der Waals surface area (Å²) in [6.45, 7) is 2.09. The zero-order valence-electron chi connectivity index (χ0n) is 15.2. The highest BCUT2D eigenvalue weighted by Gasteiger charge is 2.76. The number of phenolic OH excluding ortho intramolecular Hbond substituents is 1. The van der Waals surface area contributed by atoms with Crippen molar-refractivity contribution in [2.45, 2.75) is 61.7 Å². The topological polar surface area (TPSA) is 66.8 Å². The molecule has 1 aromatic rings. The summed E-state index contributed by atoms with van der Waals surface area (Å²) in [6.07, 6.45) is 4.42. The monoisotopic (exact) mass is 356 g/mol. The van der Waals surface area contributed by atoms with Gasteiger partial charge in [0.15, 0.2) is 23.4 Å². The minimum Gasteiger partial charge on any atom is -0.504 e. The van der Waals surface area contributed by atoms with E-state index in [0.29, 0.717) is 18.6 Å². The van der Waals surface area contributed by atoms with Gasteiger partial charge in [-0.3, -0.25) is 4.79 Å². The summed E-state index contributed by atoms with van der Waals surface area (Å²) in [4.78, 5) is 12.8. The molecule has 0 aromatic heterocycles. The maximum absolute atomic E-state index is 12.8. The van der Waals surface area contributed by atoms with Crippen LogP contribution in [0.4, 0.5) is 0 Å². The largest absolute Gasteiger partial charge is 0.504 e. The Kier molecular flexibility index (Phi) is 2.65. The lowest BCUT2D eigenvalue weighted by Crippen LogP contribution is -2.80. The summed E-state index contributed by atoms with van der Waals surface area (Å²) in [5, 5.41) is 22.5. The van der Waals surface area contributed by atoms with Crippen LogP contribution in [0.25, 0.3) is 0 Å². The van der Waals surface area contributed by atoms with Crippen LogP contribution in [0.15, 0.2) is 12.1 Å². The van der Waals surface area contributed by atoms with Crippen molar-refractivity contribution >= 4 is 5.78 Å². The molecule has 26 heavy (non-hydrogen) atoms. The van der Waals surface area contributed by atoms with Gasteiger partial charge >= 0.3 is 0 Å². The summed E-state index contributed by atoms with van der Waals surface area (Å²) in [5.41, 5.74) is 0.492. The van der Waals surface area contributed by atoms with E-state index in [1.165, 1.54) is 12.8 Å². The van der Waals surface area contributed by atoms with Gasteiger partial charge in [0.05, 0.1) is 25.6 Å². The lowest BCUT2D eigenvalue weighted by molar-refractivity contribution is -0.950. The summed E-state index contributed by atoms with van der Waals surface area (Å²) < 4.78 is 6.98. The summed E-state index contributed by atoms with van der Waals surface area (Å²) in [5.74, 6) is 1.42. The van der Waals surface area contributed by atoms with Gasteiger partial charge in [-0.1, -0.05) is 6.07 Å². The fourth-order valence-corrected chi connectivity index (χ4v) is 6.94. The van der Waals surface area contributed by atoms with Gasteiger partial charge in [-0.15, -0.1) is 0 Å². The third-order valence-electron chi connectivity index (χ3n) is 8.28. The molecule has 138 valence electrons. The fraction of sp³-hybridized carbons (Fsp3) is 0.667. The molecule has 0 radical (unpaired) electrons. The number of piperidine rings is 1. The first-order valence-electron chi connectivity index (χ1n) is 10.0. The maximum atomic E-state index is 12.8. The second-order valence-electron chi connectivity index (χ2n) is 9.61. The van der Waals surface area contributed by atoms with Gasteiger partial charge in [0.25, 0.3) is 0 Å². The van der Waals surface area contributed by atoms with E-state index >= 15 is 0 Å². The molecule has 3 aliphatic carbocycles. The Bertz CT molecular complexity index is 849. The summed E-state index contributed by atoms with van der Waals surface area (Å²) in [7, 11) is 2.31. The summed E-state index contributed by atoms with van der Waals surface area (Å²) >= 11 is 0. The molecule has 5 aliphatic rings. The molecule has 6 rings (SSSR count). The van der Waals surface area contributed by atoms with Gasteiger partial charge in [0.2, 0.25) is 0 Å². The third kappa shape index (κ3) is 1.55. The SMILES string of the molecule is C[N+]1(CC2CC2)CC[C@]23c4c5ccc(O)c4OC2C(=O)CC[C@@]3(O)C1C5. The zero-order valence-corrected chi connectivity index (χ0v) is 15.2. The number of nitrogens with zero attached hydrogens (tertiary/aromatic N) is 1. The maximum Gasteiger partial charge on any atom is 0.174 e. The molecule has 1 spiro atoms. The Morgan fingerprint density at radius 2 is 2.12 bits per heavy atom. The number of Topliss-reactive ketones (excluding diaryl/α,β-unsaturated/α-hetero) is 1. The van der Waals surface area contributed by atoms with E-state index in [2.05, 4.69) is 7.05 Å². The van der Waals surface area contributed by atoms with Crippen molar-refractivity contribution in [1.82, 2.24) is 0 Å². The normalized spacial score (nSPS) is 45.2. The molecule has 2 saturated carbocycles. The van der Waals surface area contributed by atoms with Crippen molar-refractivity contribution in [2.24, 2.45) is 5.92 Å². The number of aromatic hydroxyl groups is 1. The standard InChI is InChI=1S/C21H25NO4/c1-22(11-12-2-3-12)9-8-20-17-13-4-5-14(23)18(17)26-19(20)15(24)6-7-21(20,25)16(22)10-13/h4-5,12,16,19,25H,2-3,6-11H2,1H3/p+1/t16?,19?,20-,21+,22?/m0/s1. The van der Waals surface area contributed by atoms with Gasteiger partial charge < -0.3 is 19.4 Å². The van der Waals surface area contributed by atoms with Gasteiger partial charge in [0.1, 0.15) is 11.6 Å². The zero-order chi connectivity index (χ0) is 17.9. The molecule has 1 aromatic carbocycles. The highest BCUT2D eigenvalue weighted by Crippen LogP contribution is 2.65. The van der Waals surface area contributed by atoms with Crippen molar-refractivity contribution in [3.8, 4) is 11.5 Å². The first kappa shape index (κ1) is 15.5. The van der Waals surface area contributed by atoms with E-state index in [1.807, 2.05) is 6.07 Å². The minimum atomic E-state index is -0.931. The molecule has 3 unspecified atom stereocenters. The number of benzene rings is 1. The number of carbonyl (C=O) groups is 1. The van der Waals surface area contributed by atoms with Gasteiger partial charge in [-0.05, 0) is 30.9 Å². The lowest BCUT2D eigenvalue weighted by Gasteiger charge is -2.64. The van der Waals surface area contributed by atoms with Crippen LogP contribution < -0.4 is 4.74 Å². The number of carbonyl (C=O) groups excluding carboxylic acids is 1. The summed E-state index contributed by atoms with van der Waals surface area (Å²) in [6, 6.07) is 3.77. The fourth-order valence-electron chi connectivity index (χ4n) is 6.94. The van der Waals surface area contributed by atoms with E-state index in [0.717, 1.165) is 47.5 Å². The number of likely N-dealkylation sites (N-methyl/N-ethyl adjacent to an activating group) is 1. The number of hydrogen-bond donors (Lipinski definition) is 2. The third-order valence-corrected chi connectivity index (χ3v) is 8.28. The molecule has 5 atom stereocenters. The smallest absolute Gasteiger partial charge is 0.174 e. The van der Waals surface area contributed by atoms with Crippen LogP contribution in [0, 0.1) is 5.92 Å². The number of rotatable bonds is 2. The lowest BCUT2D eigenvalue weighted by atomic mass is 9.48. The molecule has 2 N–H and O–H groups in total. The number of likely N-dealkylation sites (tertiary alicyclic amines) is 1. The van der Waals surface area contributed by atoms with Crippen molar-refractivity contribution in [3.05, 3.63) is 23.3 Å². The Balaban J connectivity index is 1.60. The molecule has 2 bridgehead atoms. The van der Waals surface area contributed by atoms with Crippen LogP contribution in [0.3, 0.4) is 0 Å². The van der Waals surface area contributed by atoms with E-state index < -0.39 is 17.1 Å². The molecule has 5 nitrogen and oxygen atoms in total. The molecule has 1 saturated heterocycles. The number of hydrogen-bond acceptors (Lipinski definition) is 4. The molecule has 2 heterocycles. The highest BCUT2D eigenvalue weighted by molar-refractivity contribution is 5.90. The van der Waals surface area contributed by atoms with Crippen LogP contribution in [0.1, 0.15) is 43.2 Å². The molecule has 0 amide bonds. The Morgan fingerprint density at radius 1 is 1.31 bits per heavy atom. The van der Waals surface area contributed by atoms with Crippen molar-refractivity contribution in [1.29, 1.82) is 0 Å². The van der Waals surface area contributed by atoms with E-state index in [-0.39, 0.29) is 17.6 Å². The van der Waals surface area contributed by atoms with Crippen LogP contribution in [-0.2, 0) is 16.6 Å². The molecule has 2 aliphatic heterocycles. The number of ketones is 1. The van der Waals surface area contributed by atoms with Crippen molar-refractivity contribution in [2.75, 3.05) is 20.1 Å². The first-order chi connectivity index (χ1) is 12.4. The van der Waals surface area contributed by atoms with Crippen LogP contribution >= 0.6 is 0 Å². The number of quaternary nitrogens is 1. The first-order valence-corrected chi connectivity index (χ1v) is 10.0. The van der Waals surface area contributed by atoms with Crippen LogP contribution in [0.5, 0.6) is 11.5 Å². The number of aliphatic hydroxyl groups is 1. The Hall–Kier alpha value is -1.59. The van der Waals surface area contributed by atoms with Crippen molar-refractivity contribution in [3.63, 3.8) is 0 Å². The number of ether oxygens (including phenoxy) is 1. The molecular formula is C21H26NO4+. The van der Waals surface area contributed by atoms with Crippen molar-refractivity contribution < 1.29 is 24.2 Å². The average molecular weight is 356 g/mol. The van der Waals surface area contributed by atoms with Gasteiger partial charge in [-0.25, -0.2) is 0 Å². The quantitative estimate of drug-likeness (QED) is 0.791. The van der Waals surface area contributed by atoms with E-state index in [4.69, 9.17) is 4.74 Å². The van der Waals surface area contributed by atoms with Gasteiger partial charge in [0, 0.05) is 30.7 Å². The highest BCUT2D eigenvalue weighted by atomic mass is 16.5.